The van der Waals surface area contributed by atoms with E-state index in [0.29, 0.717) is 5.39 Å². The fourth-order valence-electron chi connectivity index (χ4n) is 1.05. The van der Waals surface area contributed by atoms with Crippen LogP contribution in [0.4, 0.5) is 0 Å². The molecule has 0 fully saturated rings. The maximum absolute atomic E-state index is 10.6. The first-order chi connectivity index (χ1) is 6.18. The van der Waals surface area contributed by atoms with Crippen LogP contribution in [-0.2, 0) is 0 Å². The van der Waals surface area contributed by atoms with Gasteiger partial charge in [0.1, 0.15) is 5.75 Å². The van der Waals surface area contributed by atoms with Gasteiger partial charge in [0.05, 0.1) is 11.6 Å². The van der Waals surface area contributed by atoms with Gasteiger partial charge >= 0.3 is 5.97 Å². The summed E-state index contributed by atoms with van der Waals surface area (Å²) < 4.78 is 0. The van der Waals surface area contributed by atoms with Crippen molar-refractivity contribution in [2.75, 3.05) is 0 Å². The lowest BCUT2D eigenvalue weighted by Gasteiger charge is -1.90. The molecule has 0 bridgehead atoms. The Morgan fingerprint density at radius 2 is 2.31 bits per heavy atom. The molecule has 6 heteroatoms. The summed E-state index contributed by atoms with van der Waals surface area (Å²) in [5, 5.41) is 24.0. The average molecular weight is 179 g/mol. The summed E-state index contributed by atoms with van der Waals surface area (Å²) in [6, 6.07) is 1.30. The number of pyridine rings is 1. The van der Waals surface area contributed by atoms with Gasteiger partial charge < -0.3 is 10.2 Å². The lowest BCUT2D eigenvalue weighted by atomic mass is 10.2. The molecular weight excluding hydrogens is 174 g/mol. The molecule has 0 amide bonds. The predicted octanol–water partition coefficient (Wildman–Crippen LogP) is 0.362. The second-order valence-corrected chi connectivity index (χ2v) is 2.47. The number of H-pyrrole nitrogens is 1. The zero-order chi connectivity index (χ0) is 9.42. The van der Waals surface area contributed by atoms with E-state index in [9.17, 15) is 4.79 Å². The van der Waals surface area contributed by atoms with E-state index in [0.717, 1.165) is 0 Å². The van der Waals surface area contributed by atoms with Gasteiger partial charge in [-0.05, 0) is 6.07 Å². The number of hydrogen-bond acceptors (Lipinski definition) is 4. The predicted molar refractivity (Wildman–Crippen MR) is 42.5 cm³/mol. The van der Waals surface area contributed by atoms with Gasteiger partial charge in [-0.2, -0.15) is 5.10 Å². The van der Waals surface area contributed by atoms with Gasteiger partial charge in [0.15, 0.2) is 11.3 Å². The van der Waals surface area contributed by atoms with E-state index in [1.54, 1.807) is 0 Å². The minimum Gasteiger partial charge on any atom is -0.506 e. The molecule has 6 nitrogen and oxygen atoms in total. The van der Waals surface area contributed by atoms with Crippen molar-refractivity contribution in [2.24, 2.45) is 0 Å². The third-order valence-corrected chi connectivity index (χ3v) is 1.61. The van der Waals surface area contributed by atoms with Crippen LogP contribution in [0.25, 0.3) is 11.0 Å². The Morgan fingerprint density at radius 1 is 1.54 bits per heavy atom. The first-order valence-electron chi connectivity index (χ1n) is 3.45. The zero-order valence-electron chi connectivity index (χ0n) is 6.35. The normalized spacial score (nSPS) is 10.5. The largest absolute Gasteiger partial charge is 0.506 e. The van der Waals surface area contributed by atoms with E-state index < -0.39 is 5.97 Å². The van der Waals surface area contributed by atoms with E-state index in [1.165, 1.54) is 12.3 Å². The average Bonchev–Trinajstić information content (AvgIpc) is 2.46. The molecule has 2 rings (SSSR count). The molecule has 13 heavy (non-hydrogen) atoms. The molecule has 2 aromatic rings. The van der Waals surface area contributed by atoms with Crippen LogP contribution in [-0.4, -0.2) is 31.4 Å². The molecule has 66 valence electrons. The summed E-state index contributed by atoms with van der Waals surface area (Å²) in [5.74, 6) is -1.22. The molecule has 0 saturated carbocycles. The Kier molecular flexibility index (Phi) is 1.42. The maximum Gasteiger partial charge on any atom is 0.354 e. The van der Waals surface area contributed by atoms with Crippen molar-refractivity contribution in [3.05, 3.63) is 18.0 Å². The number of aromatic carboxylic acids is 1. The molecule has 0 saturated heterocycles. The molecule has 0 aliphatic heterocycles. The number of carboxylic acids is 1. The number of fused-ring (bicyclic) bond motifs is 1. The van der Waals surface area contributed by atoms with E-state index in [-0.39, 0.29) is 17.1 Å². The zero-order valence-corrected chi connectivity index (χ0v) is 6.35. The Morgan fingerprint density at radius 3 is 3.00 bits per heavy atom. The highest BCUT2D eigenvalue weighted by Gasteiger charge is 2.12. The summed E-state index contributed by atoms with van der Waals surface area (Å²) >= 11 is 0. The van der Waals surface area contributed by atoms with Crippen LogP contribution in [0.15, 0.2) is 12.3 Å². The van der Waals surface area contributed by atoms with Crippen LogP contribution in [0.2, 0.25) is 0 Å². The number of aromatic amines is 1. The van der Waals surface area contributed by atoms with E-state index in [2.05, 4.69) is 15.2 Å². The smallest absolute Gasteiger partial charge is 0.354 e. The van der Waals surface area contributed by atoms with Crippen molar-refractivity contribution in [3.63, 3.8) is 0 Å². The van der Waals surface area contributed by atoms with Crippen molar-refractivity contribution >= 4 is 17.0 Å². The number of hydrogen-bond donors (Lipinski definition) is 3. The van der Waals surface area contributed by atoms with Gasteiger partial charge in [-0.1, -0.05) is 0 Å². The monoisotopic (exact) mass is 179 g/mol. The summed E-state index contributed by atoms with van der Waals surface area (Å²) in [4.78, 5) is 14.3. The van der Waals surface area contributed by atoms with Crippen molar-refractivity contribution in [2.45, 2.75) is 0 Å². The molecule has 0 aliphatic carbocycles. The molecule has 0 atom stereocenters. The quantitative estimate of drug-likeness (QED) is 0.587. The Bertz CT molecular complexity index is 477. The van der Waals surface area contributed by atoms with Gasteiger partial charge in [-0.25, -0.2) is 9.78 Å². The number of nitrogens with zero attached hydrogens (tertiary/aromatic N) is 2. The van der Waals surface area contributed by atoms with Crippen LogP contribution >= 0.6 is 0 Å². The Hall–Kier alpha value is -2.11. The molecule has 2 aromatic heterocycles. The highest BCUT2D eigenvalue weighted by molar-refractivity contribution is 6.00. The molecule has 0 aromatic carbocycles. The standard InChI is InChI=1S/C7H5N3O3/c11-3-1-4-5(7(12)13)9-10-6(4)8-2-3/h1-2,11H,(H,12,13)(H,8,9,10). The van der Waals surface area contributed by atoms with E-state index in [1.807, 2.05) is 0 Å². The minimum absolute atomic E-state index is 0.0709. The second-order valence-electron chi connectivity index (χ2n) is 2.47. The van der Waals surface area contributed by atoms with E-state index >= 15 is 0 Å². The summed E-state index contributed by atoms with van der Waals surface area (Å²) in [7, 11) is 0. The Labute approximate surface area is 71.8 Å². The van der Waals surface area contributed by atoms with Gasteiger partial charge in [0.2, 0.25) is 0 Å². The SMILES string of the molecule is O=C(O)c1[nH]nc2ncc(O)cc12. The van der Waals surface area contributed by atoms with Crippen LogP contribution in [0.1, 0.15) is 10.5 Å². The van der Waals surface area contributed by atoms with Crippen molar-refractivity contribution in [3.8, 4) is 5.75 Å². The molecule has 0 unspecified atom stereocenters. The van der Waals surface area contributed by atoms with Crippen molar-refractivity contribution < 1.29 is 15.0 Å². The maximum atomic E-state index is 10.6. The summed E-state index contributed by atoms with van der Waals surface area (Å²) in [6.07, 6.45) is 1.20. The van der Waals surface area contributed by atoms with Gasteiger partial charge in [-0.3, -0.25) is 5.10 Å². The minimum atomic E-state index is -1.13. The second kappa shape index (κ2) is 2.44. The van der Waals surface area contributed by atoms with Crippen LogP contribution in [0.5, 0.6) is 5.75 Å². The first kappa shape index (κ1) is 7.53. The lowest BCUT2D eigenvalue weighted by molar-refractivity contribution is 0.0692. The van der Waals surface area contributed by atoms with Gasteiger partial charge in [-0.15, -0.1) is 0 Å². The highest BCUT2D eigenvalue weighted by atomic mass is 16.4. The molecule has 2 heterocycles. The van der Waals surface area contributed by atoms with Crippen LogP contribution < -0.4 is 0 Å². The fraction of sp³-hybridized carbons (Fsp3) is 0. The third-order valence-electron chi connectivity index (χ3n) is 1.61. The first-order valence-corrected chi connectivity index (χ1v) is 3.45. The van der Waals surface area contributed by atoms with Crippen LogP contribution in [0, 0.1) is 0 Å². The fourth-order valence-corrected chi connectivity index (χ4v) is 1.05. The molecule has 0 aliphatic rings. The summed E-state index contributed by atoms with van der Waals surface area (Å²) in [5.41, 5.74) is 0.202. The lowest BCUT2D eigenvalue weighted by Crippen LogP contribution is -1.96. The van der Waals surface area contributed by atoms with E-state index in [4.69, 9.17) is 10.2 Å². The molecular formula is C7H5N3O3. The summed E-state index contributed by atoms with van der Waals surface area (Å²) in [6.45, 7) is 0. The van der Waals surface area contributed by atoms with Crippen molar-refractivity contribution in [1.82, 2.24) is 15.2 Å². The van der Waals surface area contributed by atoms with Gasteiger partial charge in [0.25, 0.3) is 0 Å². The Balaban J connectivity index is 2.79. The number of rotatable bonds is 1. The highest BCUT2D eigenvalue weighted by Crippen LogP contribution is 2.18. The van der Waals surface area contributed by atoms with Crippen LogP contribution in [0.3, 0.4) is 0 Å². The van der Waals surface area contributed by atoms with Gasteiger partial charge in [0, 0.05) is 0 Å². The molecule has 0 spiro atoms. The topological polar surface area (TPSA) is 99.1 Å². The number of carbonyl (C=O) groups is 1. The number of carboxylic acid groups (broad SMARTS) is 1. The number of aromatic nitrogens is 3. The molecule has 0 radical (unpaired) electrons. The number of nitrogens with one attached hydrogen (secondary N) is 1. The number of aromatic hydroxyl groups is 1. The van der Waals surface area contributed by atoms with Crippen molar-refractivity contribution in [1.29, 1.82) is 0 Å². The third kappa shape index (κ3) is 1.08. The molecule has 3 N–H and O–H groups in total.